The van der Waals surface area contributed by atoms with Crippen molar-refractivity contribution < 1.29 is 0 Å². The summed E-state index contributed by atoms with van der Waals surface area (Å²) in [5, 5.41) is 3.50. The molecule has 0 aromatic heterocycles. The van der Waals surface area contributed by atoms with Crippen LogP contribution >= 0.6 is 0 Å². The number of hydrogen-bond acceptors (Lipinski definition) is 2. The number of nitrogens with zero attached hydrogens (tertiary/aromatic N) is 1. The van der Waals surface area contributed by atoms with Crippen LogP contribution in [-0.4, -0.2) is 37.1 Å². The Bertz CT molecular complexity index is 185. The molecule has 0 aromatic rings. The summed E-state index contributed by atoms with van der Waals surface area (Å²) in [4.78, 5) is 2.75. The minimum atomic E-state index is 0.869. The van der Waals surface area contributed by atoms with Crippen molar-refractivity contribution >= 4 is 0 Å². The quantitative estimate of drug-likeness (QED) is 0.713. The third kappa shape index (κ3) is 2.94. The second-order valence-corrected chi connectivity index (χ2v) is 5.60. The van der Waals surface area contributed by atoms with Gasteiger partial charge in [-0.1, -0.05) is 20.3 Å². The van der Waals surface area contributed by atoms with Gasteiger partial charge in [0.2, 0.25) is 0 Å². The molecule has 0 amide bonds. The van der Waals surface area contributed by atoms with E-state index in [0.717, 1.165) is 17.9 Å². The monoisotopic (exact) mass is 210 g/mol. The summed E-state index contributed by atoms with van der Waals surface area (Å²) in [6.45, 7) is 9.87. The van der Waals surface area contributed by atoms with Gasteiger partial charge in [0, 0.05) is 19.1 Å². The highest BCUT2D eigenvalue weighted by atomic mass is 15.2. The first-order valence-corrected chi connectivity index (χ1v) is 6.72. The summed E-state index contributed by atoms with van der Waals surface area (Å²) < 4.78 is 0. The molecular formula is C13H26N2. The van der Waals surface area contributed by atoms with Gasteiger partial charge in [-0.05, 0) is 44.2 Å². The van der Waals surface area contributed by atoms with Crippen LogP contribution in [0.25, 0.3) is 0 Å². The van der Waals surface area contributed by atoms with Gasteiger partial charge in [-0.25, -0.2) is 0 Å². The van der Waals surface area contributed by atoms with Gasteiger partial charge in [0.15, 0.2) is 0 Å². The second kappa shape index (κ2) is 5.31. The van der Waals surface area contributed by atoms with Crippen molar-refractivity contribution in [2.24, 2.45) is 11.8 Å². The van der Waals surface area contributed by atoms with Crippen molar-refractivity contribution in [2.45, 2.75) is 45.6 Å². The van der Waals surface area contributed by atoms with Crippen molar-refractivity contribution in [1.29, 1.82) is 0 Å². The fourth-order valence-electron chi connectivity index (χ4n) is 3.21. The highest BCUT2D eigenvalue weighted by Crippen LogP contribution is 2.31. The summed E-state index contributed by atoms with van der Waals surface area (Å²) in [6, 6.07) is 0.869. The Morgan fingerprint density at radius 2 is 1.93 bits per heavy atom. The molecule has 1 saturated heterocycles. The van der Waals surface area contributed by atoms with E-state index in [1.165, 1.54) is 51.9 Å². The zero-order valence-corrected chi connectivity index (χ0v) is 10.3. The van der Waals surface area contributed by atoms with E-state index in [9.17, 15) is 0 Å². The number of nitrogens with one attached hydrogen (secondary N) is 1. The molecule has 0 spiro atoms. The van der Waals surface area contributed by atoms with E-state index in [1.54, 1.807) is 0 Å². The molecule has 88 valence electrons. The van der Waals surface area contributed by atoms with Crippen LogP contribution in [0.3, 0.4) is 0 Å². The van der Waals surface area contributed by atoms with Crippen LogP contribution in [-0.2, 0) is 0 Å². The normalized spacial score (nSPS) is 40.0. The molecule has 2 heteroatoms. The molecule has 1 aliphatic carbocycles. The van der Waals surface area contributed by atoms with E-state index < -0.39 is 0 Å². The van der Waals surface area contributed by atoms with E-state index in [-0.39, 0.29) is 0 Å². The molecule has 1 heterocycles. The third-order valence-corrected chi connectivity index (χ3v) is 4.26. The zero-order valence-electron chi connectivity index (χ0n) is 10.3. The van der Waals surface area contributed by atoms with Crippen LogP contribution in [0.5, 0.6) is 0 Å². The maximum atomic E-state index is 3.50. The molecule has 3 unspecified atom stereocenters. The van der Waals surface area contributed by atoms with Gasteiger partial charge in [-0.2, -0.15) is 0 Å². The van der Waals surface area contributed by atoms with E-state index in [0.29, 0.717) is 0 Å². The molecular weight excluding hydrogens is 184 g/mol. The Morgan fingerprint density at radius 3 is 2.80 bits per heavy atom. The molecule has 2 fully saturated rings. The first-order valence-electron chi connectivity index (χ1n) is 6.72. The molecule has 15 heavy (non-hydrogen) atoms. The van der Waals surface area contributed by atoms with Crippen molar-refractivity contribution in [1.82, 2.24) is 10.2 Å². The Morgan fingerprint density at radius 1 is 1.07 bits per heavy atom. The van der Waals surface area contributed by atoms with Gasteiger partial charge in [0.05, 0.1) is 0 Å². The molecule has 1 N–H and O–H groups in total. The summed E-state index contributed by atoms with van der Waals surface area (Å²) >= 11 is 0. The van der Waals surface area contributed by atoms with E-state index >= 15 is 0 Å². The Balaban J connectivity index is 1.93. The molecule has 0 radical (unpaired) electrons. The lowest BCUT2D eigenvalue weighted by Gasteiger charge is -2.40. The van der Waals surface area contributed by atoms with Crippen LogP contribution in [0, 0.1) is 11.8 Å². The van der Waals surface area contributed by atoms with Crippen molar-refractivity contribution in [3.63, 3.8) is 0 Å². The maximum absolute atomic E-state index is 3.50. The highest BCUT2D eigenvalue weighted by Gasteiger charge is 2.30. The minimum absolute atomic E-state index is 0.869. The van der Waals surface area contributed by atoms with Gasteiger partial charge >= 0.3 is 0 Å². The van der Waals surface area contributed by atoms with Crippen LogP contribution in [0.2, 0.25) is 0 Å². The van der Waals surface area contributed by atoms with Crippen LogP contribution in [0.15, 0.2) is 0 Å². The lowest BCUT2D eigenvalue weighted by Crippen LogP contribution is -2.44. The molecule has 2 aliphatic rings. The number of hydrogen-bond donors (Lipinski definition) is 1. The molecule has 0 aromatic carbocycles. The number of rotatable bonds is 1. The summed E-state index contributed by atoms with van der Waals surface area (Å²) in [5.41, 5.74) is 0. The van der Waals surface area contributed by atoms with E-state index in [1.807, 2.05) is 0 Å². The van der Waals surface area contributed by atoms with Gasteiger partial charge in [-0.3, -0.25) is 4.90 Å². The summed E-state index contributed by atoms with van der Waals surface area (Å²) in [5.74, 6) is 1.86. The van der Waals surface area contributed by atoms with E-state index in [4.69, 9.17) is 0 Å². The molecule has 1 saturated carbocycles. The predicted molar refractivity (Wildman–Crippen MR) is 65.0 cm³/mol. The third-order valence-electron chi connectivity index (χ3n) is 4.26. The SMILES string of the molecule is CC1CCC(C)C(N2CCCNCC2)C1. The zero-order chi connectivity index (χ0) is 10.7. The molecule has 2 rings (SSSR count). The van der Waals surface area contributed by atoms with Gasteiger partial charge < -0.3 is 5.32 Å². The smallest absolute Gasteiger partial charge is 0.0124 e. The van der Waals surface area contributed by atoms with Crippen molar-refractivity contribution in [3.05, 3.63) is 0 Å². The maximum Gasteiger partial charge on any atom is 0.0124 e. The Kier molecular flexibility index (Phi) is 4.04. The van der Waals surface area contributed by atoms with Crippen LogP contribution < -0.4 is 5.32 Å². The summed E-state index contributed by atoms with van der Waals surface area (Å²) in [6.07, 6.45) is 5.65. The average molecular weight is 210 g/mol. The van der Waals surface area contributed by atoms with Crippen LogP contribution in [0.4, 0.5) is 0 Å². The molecule has 3 atom stereocenters. The fraction of sp³-hybridized carbons (Fsp3) is 1.00. The standard InChI is InChI=1S/C13H26N2/c1-11-4-5-12(2)13(10-11)15-8-3-6-14-7-9-15/h11-14H,3-10H2,1-2H3. The minimum Gasteiger partial charge on any atom is -0.315 e. The highest BCUT2D eigenvalue weighted by molar-refractivity contribution is 4.84. The molecule has 0 bridgehead atoms. The first-order chi connectivity index (χ1) is 7.27. The Hall–Kier alpha value is -0.0800. The van der Waals surface area contributed by atoms with Gasteiger partial charge in [-0.15, -0.1) is 0 Å². The van der Waals surface area contributed by atoms with Crippen LogP contribution in [0.1, 0.15) is 39.5 Å². The summed E-state index contributed by atoms with van der Waals surface area (Å²) in [7, 11) is 0. The average Bonchev–Trinajstić information content (AvgIpc) is 2.50. The van der Waals surface area contributed by atoms with Gasteiger partial charge in [0.25, 0.3) is 0 Å². The lowest BCUT2D eigenvalue weighted by atomic mass is 9.79. The van der Waals surface area contributed by atoms with E-state index in [2.05, 4.69) is 24.1 Å². The Labute approximate surface area is 94.4 Å². The lowest BCUT2D eigenvalue weighted by molar-refractivity contribution is 0.0964. The topological polar surface area (TPSA) is 15.3 Å². The second-order valence-electron chi connectivity index (χ2n) is 5.60. The largest absolute Gasteiger partial charge is 0.315 e. The molecule has 1 aliphatic heterocycles. The first kappa shape index (κ1) is 11.4. The molecule has 2 nitrogen and oxygen atoms in total. The predicted octanol–water partition coefficient (Wildman–Crippen LogP) is 2.11. The van der Waals surface area contributed by atoms with Gasteiger partial charge in [0.1, 0.15) is 0 Å². The fourth-order valence-corrected chi connectivity index (χ4v) is 3.21. The van der Waals surface area contributed by atoms with Crippen molar-refractivity contribution in [2.75, 3.05) is 26.2 Å². The van der Waals surface area contributed by atoms with Crippen molar-refractivity contribution in [3.8, 4) is 0 Å².